The number of nitrogens with one attached hydrogen (secondary N) is 1. The molecule has 0 atom stereocenters. The zero-order valence-corrected chi connectivity index (χ0v) is 17.9. The molecule has 2 heterocycles. The van der Waals surface area contributed by atoms with Crippen LogP contribution in [0.1, 0.15) is 42.1 Å². The lowest BCUT2D eigenvalue weighted by Gasteiger charge is -2.17. The van der Waals surface area contributed by atoms with E-state index in [1.54, 1.807) is 6.20 Å². The van der Waals surface area contributed by atoms with Crippen molar-refractivity contribution < 1.29 is 4.79 Å². The number of nitrogens with zero attached hydrogens (tertiary/aromatic N) is 3. The van der Waals surface area contributed by atoms with Crippen LogP contribution in [0.4, 0.5) is 0 Å². The standard InChI is InChI=1S/C23H21ClN4OS/c24-19-11-5-3-10-17(19)22-26-27-23(28(22)15-7-1-2-8-15)30-14-21(29)18-13-25-20-12-6-4-9-16(18)20/h3-6,9-13,15,25H,1-2,7-8,14H2. The molecule has 1 fully saturated rings. The number of thioether (sulfide) groups is 1. The van der Waals surface area contributed by atoms with Gasteiger partial charge in [-0.1, -0.05) is 66.5 Å². The maximum Gasteiger partial charge on any atom is 0.192 e. The third-order valence-corrected chi connectivity index (χ3v) is 6.96. The number of H-pyrrole nitrogens is 1. The van der Waals surface area contributed by atoms with Gasteiger partial charge in [-0.15, -0.1) is 10.2 Å². The molecule has 30 heavy (non-hydrogen) atoms. The maximum atomic E-state index is 12.9. The summed E-state index contributed by atoms with van der Waals surface area (Å²) in [5, 5.41) is 11.3. The van der Waals surface area contributed by atoms with Gasteiger partial charge in [0.15, 0.2) is 16.8 Å². The molecule has 5 rings (SSSR count). The Hall–Kier alpha value is -2.57. The predicted octanol–water partition coefficient (Wildman–Crippen LogP) is 6.17. The molecule has 1 saturated carbocycles. The highest BCUT2D eigenvalue weighted by Crippen LogP contribution is 2.38. The van der Waals surface area contributed by atoms with Crippen LogP contribution < -0.4 is 0 Å². The average molecular weight is 437 g/mol. The summed E-state index contributed by atoms with van der Waals surface area (Å²) in [7, 11) is 0. The molecule has 0 unspecified atom stereocenters. The first-order valence-electron chi connectivity index (χ1n) is 10.1. The normalized spacial score (nSPS) is 14.6. The summed E-state index contributed by atoms with van der Waals surface area (Å²) in [5.74, 6) is 1.18. The Labute approximate surface area is 183 Å². The highest BCUT2D eigenvalue weighted by molar-refractivity contribution is 7.99. The molecule has 7 heteroatoms. The van der Waals surface area contributed by atoms with Gasteiger partial charge in [0, 0.05) is 34.3 Å². The van der Waals surface area contributed by atoms with Gasteiger partial charge in [-0.2, -0.15) is 0 Å². The first kappa shape index (κ1) is 19.4. The van der Waals surface area contributed by atoms with Crippen molar-refractivity contribution in [1.82, 2.24) is 19.7 Å². The Bertz CT molecular complexity index is 1210. The second-order valence-electron chi connectivity index (χ2n) is 7.55. The van der Waals surface area contributed by atoms with Gasteiger partial charge in [-0.3, -0.25) is 9.36 Å². The first-order valence-corrected chi connectivity index (χ1v) is 11.5. The third-order valence-electron chi connectivity index (χ3n) is 5.69. The smallest absolute Gasteiger partial charge is 0.192 e. The van der Waals surface area contributed by atoms with Crippen molar-refractivity contribution >= 4 is 40.0 Å². The van der Waals surface area contributed by atoms with Crippen molar-refractivity contribution in [3.63, 3.8) is 0 Å². The molecule has 4 aromatic rings. The molecule has 2 aromatic heterocycles. The van der Waals surface area contributed by atoms with Gasteiger partial charge in [0.25, 0.3) is 0 Å². The Balaban J connectivity index is 1.44. The zero-order chi connectivity index (χ0) is 20.5. The molecule has 0 spiro atoms. The fourth-order valence-electron chi connectivity index (χ4n) is 4.20. The number of carbonyl (C=O) groups is 1. The van der Waals surface area contributed by atoms with Crippen molar-refractivity contribution in [2.24, 2.45) is 0 Å². The summed E-state index contributed by atoms with van der Waals surface area (Å²) < 4.78 is 2.20. The molecule has 0 saturated heterocycles. The molecule has 5 nitrogen and oxygen atoms in total. The SMILES string of the molecule is O=C(CSc1nnc(-c2ccccc2Cl)n1C1CCCC1)c1c[nH]c2ccccc12. The molecule has 0 bridgehead atoms. The number of aromatic nitrogens is 4. The quantitative estimate of drug-likeness (QED) is 0.290. The fraction of sp³-hybridized carbons (Fsp3) is 0.261. The number of aromatic amines is 1. The number of halogens is 1. The van der Waals surface area contributed by atoms with E-state index in [9.17, 15) is 4.79 Å². The molecule has 0 radical (unpaired) electrons. The van der Waals surface area contributed by atoms with Crippen LogP contribution in [0.15, 0.2) is 59.9 Å². The van der Waals surface area contributed by atoms with Gasteiger partial charge in [0.05, 0.1) is 10.8 Å². The van der Waals surface area contributed by atoms with Crippen LogP contribution in [0.5, 0.6) is 0 Å². The Morgan fingerprint density at radius 2 is 1.87 bits per heavy atom. The van der Waals surface area contributed by atoms with Crippen LogP contribution in [0.25, 0.3) is 22.3 Å². The lowest BCUT2D eigenvalue weighted by Crippen LogP contribution is -2.10. The van der Waals surface area contributed by atoms with Gasteiger partial charge < -0.3 is 4.98 Å². The summed E-state index contributed by atoms with van der Waals surface area (Å²) in [5.41, 5.74) is 2.57. The van der Waals surface area contributed by atoms with Crippen LogP contribution in [-0.2, 0) is 0 Å². The van der Waals surface area contributed by atoms with Crippen LogP contribution in [-0.4, -0.2) is 31.3 Å². The van der Waals surface area contributed by atoms with Crippen molar-refractivity contribution in [3.8, 4) is 11.4 Å². The van der Waals surface area contributed by atoms with Gasteiger partial charge in [0.2, 0.25) is 0 Å². The average Bonchev–Trinajstić information content (AvgIpc) is 3.51. The fourth-order valence-corrected chi connectivity index (χ4v) is 5.31. The highest BCUT2D eigenvalue weighted by Gasteiger charge is 2.26. The Morgan fingerprint density at radius 1 is 1.10 bits per heavy atom. The summed E-state index contributed by atoms with van der Waals surface area (Å²) >= 11 is 7.90. The number of rotatable bonds is 6. The van der Waals surface area contributed by atoms with Crippen LogP contribution in [0.2, 0.25) is 5.02 Å². The molecule has 152 valence electrons. The number of hydrogen-bond acceptors (Lipinski definition) is 4. The molecule has 2 aromatic carbocycles. The van der Waals surface area contributed by atoms with Crippen molar-refractivity contribution in [2.45, 2.75) is 36.9 Å². The summed E-state index contributed by atoms with van der Waals surface area (Å²) in [6.07, 6.45) is 6.38. The number of para-hydroxylation sites is 1. The molecule has 0 aliphatic heterocycles. The number of fused-ring (bicyclic) bond motifs is 1. The van der Waals surface area contributed by atoms with E-state index in [-0.39, 0.29) is 5.78 Å². The summed E-state index contributed by atoms with van der Waals surface area (Å²) in [6.45, 7) is 0. The molecular weight excluding hydrogens is 416 g/mol. The lowest BCUT2D eigenvalue weighted by molar-refractivity contribution is 0.102. The molecule has 0 amide bonds. The number of benzene rings is 2. The second-order valence-corrected chi connectivity index (χ2v) is 8.90. The number of carbonyl (C=O) groups excluding carboxylic acids is 1. The van der Waals surface area contributed by atoms with E-state index in [1.165, 1.54) is 24.6 Å². The van der Waals surface area contributed by atoms with Gasteiger partial charge in [-0.05, 0) is 31.0 Å². The van der Waals surface area contributed by atoms with Gasteiger partial charge >= 0.3 is 0 Å². The van der Waals surface area contributed by atoms with E-state index in [2.05, 4.69) is 19.7 Å². The van der Waals surface area contributed by atoms with E-state index < -0.39 is 0 Å². The third kappa shape index (κ3) is 3.55. The summed E-state index contributed by atoms with van der Waals surface area (Å²) in [4.78, 5) is 16.1. The van der Waals surface area contributed by atoms with Gasteiger partial charge in [-0.25, -0.2) is 0 Å². The van der Waals surface area contributed by atoms with Crippen LogP contribution >= 0.6 is 23.4 Å². The Morgan fingerprint density at radius 3 is 2.70 bits per heavy atom. The van der Waals surface area contributed by atoms with Crippen LogP contribution in [0, 0.1) is 0 Å². The van der Waals surface area contributed by atoms with E-state index in [0.717, 1.165) is 45.9 Å². The molecule has 1 aliphatic rings. The van der Waals surface area contributed by atoms with Crippen LogP contribution in [0.3, 0.4) is 0 Å². The van der Waals surface area contributed by atoms with Crippen molar-refractivity contribution in [2.75, 3.05) is 5.75 Å². The van der Waals surface area contributed by atoms with E-state index in [0.29, 0.717) is 16.8 Å². The van der Waals surface area contributed by atoms with E-state index in [4.69, 9.17) is 11.6 Å². The maximum absolute atomic E-state index is 12.9. The monoisotopic (exact) mass is 436 g/mol. The minimum Gasteiger partial charge on any atom is -0.360 e. The zero-order valence-electron chi connectivity index (χ0n) is 16.3. The lowest BCUT2D eigenvalue weighted by atomic mass is 10.1. The predicted molar refractivity (Wildman–Crippen MR) is 121 cm³/mol. The largest absolute Gasteiger partial charge is 0.360 e. The van der Waals surface area contributed by atoms with Crippen molar-refractivity contribution in [1.29, 1.82) is 0 Å². The highest BCUT2D eigenvalue weighted by atomic mass is 35.5. The van der Waals surface area contributed by atoms with Gasteiger partial charge in [0.1, 0.15) is 0 Å². The minimum atomic E-state index is 0.0812. The summed E-state index contributed by atoms with van der Waals surface area (Å²) in [6, 6.07) is 15.9. The molecule has 1 aliphatic carbocycles. The second kappa shape index (κ2) is 8.28. The van der Waals surface area contributed by atoms with E-state index >= 15 is 0 Å². The van der Waals surface area contributed by atoms with E-state index in [1.807, 2.05) is 48.5 Å². The number of hydrogen-bond donors (Lipinski definition) is 1. The molecular formula is C23H21ClN4OS. The topological polar surface area (TPSA) is 63.6 Å². The van der Waals surface area contributed by atoms with Crippen molar-refractivity contribution in [3.05, 3.63) is 65.3 Å². The minimum absolute atomic E-state index is 0.0812. The number of Topliss-reactive ketones (excluding diaryl/α,β-unsaturated/α-hetero) is 1. The molecule has 1 N–H and O–H groups in total. The Kier molecular flexibility index (Phi) is 5.35. The first-order chi connectivity index (χ1) is 14.7. The number of ketones is 1.